The summed E-state index contributed by atoms with van der Waals surface area (Å²) in [5, 5.41) is 0. The summed E-state index contributed by atoms with van der Waals surface area (Å²) in [5.41, 5.74) is 1.68. The van der Waals surface area contributed by atoms with Gasteiger partial charge in [-0.05, 0) is 25.4 Å². The fourth-order valence-corrected chi connectivity index (χ4v) is 1.90. The van der Waals surface area contributed by atoms with E-state index in [4.69, 9.17) is 26.4 Å². The minimum Gasteiger partial charge on any atom is -0.461 e. The fourth-order valence-electron chi connectivity index (χ4n) is 1.64. The van der Waals surface area contributed by atoms with Crippen LogP contribution in [0.25, 0.3) is 0 Å². The van der Waals surface area contributed by atoms with E-state index in [1.807, 2.05) is 27.0 Å². The van der Waals surface area contributed by atoms with Crippen molar-refractivity contribution in [1.82, 2.24) is 4.98 Å². The smallest absolute Gasteiger partial charge is 0.225 e. The number of hydrogen-bond acceptors (Lipinski definition) is 6. The third kappa shape index (κ3) is 2.76. The summed E-state index contributed by atoms with van der Waals surface area (Å²) in [4.78, 5) is 4.27. The van der Waals surface area contributed by atoms with Gasteiger partial charge >= 0.3 is 0 Å². The molecule has 0 saturated heterocycles. The summed E-state index contributed by atoms with van der Waals surface area (Å²) in [6.45, 7) is 6.07. The molecule has 2 heterocycles. The minimum atomic E-state index is -0.641. The third-order valence-electron chi connectivity index (χ3n) is 2.55. The van der Waals surface area contributed by atoms with Gasteiger partial charge in [-0.2, -0.15) is 0 Å². The maximum atomic E-state index is 5.79. The topological polar surface area (TPSA) is 40.6 Å². The second-order valence-corrected chi connectivity index (χ2v) is 5.77. The number of rotatable bonds is 1. The Balaban J connectivity index is 2.38. The van der Waals surface area contributed by atoms with Gasteiger partial charge in [-0.3, -0.25) is 4.98 Å². The van der Waals surface area contributed by atoms with Crippen LogP contribution in [0.2, 0.25) is 0 Å². The molecule has 0 N–H and O–H groups in total. The van der Waals surface area contributed by atoms with Crippen LogP contribution in [0.15, 0.2) is 6.20 Å². The molecule has 2 rings (SSSR count). The van der Waals surface area contributed by atoms with Gasteiger partial charge in [-0.15, -0.1) is 0 Å². The Bertz CT molecular complexity index is 488. The Morgan fingerprint density at radius 2 is 2.28 bits per heavy atom. The van der Waals surface area contributed by atoms with Crippen molar-refractivity contribution in [3.05, 3.63) is 17.5 Å². The van der Waals surface area contributed by atoms with Gasteiger partial charge in [0.1, 0.15) is 0 Å². The zero-order chi connectivity index (χ0) is 13.3. The Morgan fingerprint density at radius 1 is 1.56 bits per heavy atom. The molecule has 1 aliphatic heterocycles. The number of aromatic nitrogens is 1. The Kier molecular flexibility index (Phi) is 3.79. The first kappa shape index (κ1) is 13.6. The van der Waals surface area contributed by atoms with Crippen molar-refractivity contribution in [3.63, 3.8) is 0 Å². The number of aryl methyl sites for hydroxylation is 1. The highest BCUT2D eigenvalue weighted by molar-refractivity contribution is 8.22. The quantitative estimate of drug-likeness (QED) is 0.739. The number of thioether (sulfide) groups is 1. The lowest BCUT2D eigenvalue weighted by Gasteiger charge is -2.33. The van der Waals surface area contributed by atoms with Crippen LogP contribution in [-0.4, -0.2) is 21.4 Å². The predicted octanol–water partition coefficient (Wildman–Crippen LogP) is 3.06. The molecule has 0 atom stereocenters. The maximum absolute atomic E-state index is 5.79. The van der Waals surface area contributed by atoms with Crippen LogP contribution in [0.3, 0.4) is 0 Å². The monoisotopic (exact) mass is 285 g/mol. The lowest BCUT2D eigenvalue weighted by molar-refractivity contribution is -0.180. The summed E-state index contributed by atoms with van der Waals surface area (Å²) in [6, 6.07) is 0. The van der Waals surface area contributed by atoms with Crippen LogP contribution >= 0.6 is 24.0 Å². The second kappa shape index (κ2) is 5.03. The largest absolute Gasteiger partial charge is 0.461 e. The van der Waals surface area contributed by atoms with Gasteiger partial charge in [0.2, 0.25) is 10.2 Å². The zero-order valence-electron chi connectivity index (χ0n) is 10.8. The standard InChI is InChI=1S/C12H15NO3S2/c1-7-10-8(6-14-12(2,3)16-10)9(5-13-7)15-11(17)18-4/h5H,6H2,1-4H3. The molecule has 0 unspecified atom stereocenters. The first-order chi connectivity index (χ1) is 8.43. The third-order valence-corrected chi connectivity index (χ3v) is 3.55. The van der Waals surface area contributed by atoms with Crippen LogP contribution in [0.1, 0.15) is 25.1 Å². The van der Waals surface area contributed by atoms with E-state index in [2.05, 4.69) is 4.98 Å². The van der Waals surface area contributed by atoms with Gasteiger partial charge in [0, 0.05) is 13.8 Å². The van der Waals surface area contributed by atoms with Crippen LogP contribution in [0.4, 0.5) is 0 Å². The predicted molar refractivity (Wildman–Crippen MR) is 75.2 cm³/mol. The van der Waals surface area contributed by atoms with Crippen molar-refractivity contribution in [2.75, 3.05) is 6.26 Å². The highest BCUT2D eigenvalue weighted by atomic mass is 32.2. The summed E-state index contributed by atoms with van der Waals surface area (Å²) in [5.74, 6) is 0.691. The van der Waals surface area contributed by atoms with E-state index in [9.17, 15) is 0 Å². The van der Waals surface area contributed by atoms with Crippen molar-refractivity contribution in [2.24, 2.45) is 0 Å². The molecule has 0 spiro atoms. The van der Waals surface area contributed by atoms with Crippen LogP contribution in [-0.2, 0) is 11.3 Å². The number of nitrogens with zero attached hydrogens (tertiary/aromatic N) is 1. The first-order valence-electron chi connectivity index (χ1n) is 5.50. The van der Waals surface area contributed by atoms with E-state index in [0.717, 1.165) is 17.0 Å². The molecule has 0 radical (unpaired) electrons. The second-order valence-electron chi connectivity index (χ2n) is 4.36. The molecule has 6 heteroatoms. The number of fused-ring (bicyclic) bond motifs is 1. The molecule has 4 nitrogen and oxygen atoms in total. The number of ether oxygens (including phenoxy) is 3. The molecular weight excluding hydrogens is 270 g/mol. The number of pyridine rings is 1. The van der Waals surface area contributed by atoms with Gasteiger partial charge in [0.15, 0.2) is 11.5 Å². The normalized spacial score (nSPS) is 16.7. The number of hydrogen-bond donors (Lipinski definition) is 0. The maximum Gasteiger partial charge on any atom is 0.225 e. The Labute approximate surface area is 116 Å². The highest BCUT2D eigenvalue weighted by Gasteiger charge is 2.31. The molecule has 1 aromatic heterocycles. The molecule has 0 amide bonds. The SMILES string of the molecule is CSC(=S)Oc1cnc(C)c2c1COC(C)(C)O2. The molecule has 1 aromatic rings. The number of thiocarbonyl (C=S) groups is 1. The molecular formula is C12H15NO3S2. The molecule has 98 valence electrons. The van der Waals surface area contributed by atoms with E-state index in [1.165, 1.54) is 11.8 Å². The van der Waals surface area contributed by atoms with Crippen LogP contribution < -0.4 is 9.47 Å². The van der Waals surface area contributed by atoms with Crippen molar-refractivity contribution in [3.8, 4) is 11.5 Å². The van der Waals surface area contributed by atoms with E-state index in [-0.39, 0.29) is 0 Å². The molecule has 0 bridgehead atoms. The van der Waals surface area contributed by atoms with Crippen molar-refractivity contribution < 1.29 is 14.2 Å². The average molecular weight is 285 g/mol. The summed E-state index contributed by atoms with van der Waals surface area (Å²) in [7, 11) is 0. The molecule has 0 aliphatic carbocycles. The van der Waals surface area contributed by atoms with Crippen molar-refractivity contribution >= 4 is 28.4 Å². The van der Waals surface area contributed by atoms with E-state index in [0.29, 0.717) is 16.7 Å². The van der Waals surface area contributed by atoms with Crippen LogP contribution in [0, 0.1) is 6.92 Å². The minimum absolute atomic E-state index is 0.429. The molecule has 18 heavy (non-hydrogen) atoms. The average Bonchev–Trinajstić information content (AvgIpc) is 2.32. The molecule has 0 saturated carbocycles. The van der Waals surface area contributed by atoms with E-state index < -0.39 is 5.79 Å². The van der Waals surface area contributed by atoms with E-state index in [1.54, 1.807) is 6.20 Å². The Hall–Kier alpha value is -0.850. The van der Waals surface area contributed by atoms with Gasteiger partial charge in [-0.25, -0.2) is 0 Å². The summed E-state index contributed by atoms with van der Waals surface area (Å²) in [6.07, 6.45) is 3.52. The van der Waals surface area contributed by atoms with Gasteiger partial charge in [0.25, 0.3) is 0 Å². The zero-order valence-corrected chi connectivity index (χ0v) is 12.4. The van der Waals surface area contributed by atoms with Crippen molar-refractivity contribution in [2.45, 2.75) is 33.2 Å². The van der Waals surface area contributed by atoms with Gasteiger partial charge in [0.05, 0.1) is 24.1 Å². The van der Waals surface area contributed by atoms with E-state index >= 15 is 0 Å². The lowest BCUT2D eigenvalue weighted by Crippen LogP contribution is -2.36. The Morgan fingerprint density at radius 3 is 2.94 bits per heavy atom. The van der Waals surface area contributed by atoms with Crippen LogP contribution in [0.5, 0.6) is 11.5 Å². The summed E-state index contributed by atoms with van der Waals surface area (Å²) >= 11 is 6.43. The molecule has 1 aliphatic rings. The lowest BCUT2D eigenvalue weighted by atomic mass is 10.1. The fraction of sp³-hybridized carbons (Fsp3) is 0.500. The van der Waals surface area contributed by atoms with Gasteiger partial charge < -0.3 is 14.2 Å². The summed E-state index contributed by atoms with van der Waals surface area (Å²) < 4.78 is 17.4. The first-order valence-corrected chi connectivity index (χ1v) is 7.13. The highest BCUT2D eigenvalue weighted by Crippen LogP contribution is 2.38. The molecule has 0 fully saturated rings. The van der Waals surface area contributed by atoms with Crippen molar-refractivity contribution in [1.29, 1.82) is 0 Å². The van der Waals surface area contributed by atoms with Gasteiger partial charge in [-0.1, -0.05) is 11.8 Å². The molecule has 0 aromatic carbocycles.